The molecule has 0 aromatic heterocycles. The molecule has 166 valence electrons. The molecule has 1 N–H and O–H groups in total. The zero-order chi connectivity index (χ0) is 22.5. The Balaban J connectivity index is 1.36. The summed E-state index contributed by atoms with van der Waals surface area (Å²) >= 11 is 0. The number of hydrogen-bond donors (Lipinski definition) is 1. The van der Waals surface area contributed by atoms with Crippen LogP contribution in [0.1, 0.15) is 42.5 Å². The van der Waals surface area contributed by atoms with Crippen LogP contribution in [0.2, 0.25) is 0 Å². The molecule has 1 aliphatic heterocycles. The van der Waals surface area contributed by atoms with Gasteiger partial charge < -0.3 is 15.1 Å². The number of fused-ring (bicyclic) bond motifs is 1. The predicted octanol–water partition coefficient (Wildman–Crippen LogP) is 4.11. The van der Waals surface area contributed by atoms with Crippen molar-refractivity contribution >= 4 is 11.6 Å². The second kappa shape index (κ2) is 9.86. The average molecular weight is 433 g/mol. The smallest absolute Gasteiger partial charge is 0.263 e. The quantitative estimate of drug-likeness (QED) is 0.571. The van der Waals surface area contributed by atoms with E-state index in [2.05, 4.69) is 23.5 Å². The second-order valence-corrected chi connectivity index (χ2v) is 8.56. The molecule has 4 rings (SSSR count). The summed E-state index contributed by atoms with van der Waals surface area (Å²) < 4.78 is 14.0. The topological polar surface area (TPSA) is 59.4 Å². The highest BCUT2D eigenvalue weighted by atomic mass is 19.1. The molecule has 0 saturated carbocycles. The van der Waals surface area contributed by atoms with Gasteiger partial charge in [0.15, 0.2) is 0 Å². The Bertz CT molecular complexity index is 1050. The minimum atomic E-state index is -0.366. The maximum Gasteiger partial charge on any atom is 0.263 e. The number of carbonyl (C=O) groups excluding carboxylic acids is 1. The average Bonchev–Trinajstić information content (AvgIpc) is 2.83. The van der Waals surface area contributed by atoms with E-state index in [4.69, 9.17) is 0 Å². The van der Waals surface area contributed by atoms with E-state index in [9.17, 15) is 14.4 Å². The first-order valence-corrected chi connectivity index (χ1v) is 11.3. The molecule has 1 atom stereocenters. The molecule has 5 nitrogen and oxygen atoms in total. The van der Waals surface area contributed by atoms with Gasteiger partial charge in [0.05, 0.1) is 11.7 Å². The summed E-state index contributed by atoms with van der Waals surface area (Å²) in [5.41, 5.74) is 4.53. The SMILES string of the molecule is CC(NC(=O)/C(C#N)=C\N1CCN(c2ccccc2F)CC1)c1ccc2c(c1)CCCC2. The summed E-state index contributed by atoms with van der Waals surface area (Å²) in [6.45, 7) is 4.44. The van der Waals surface area contributed by atoms with Crippen molar-refractivity contribution in [3.63, 3.8) is 0 Å². The van der Waals surface area contributed by atoms with E-state index in [1.54, 1.807) is 18.3 Å². The summed E-state index contributed by atoms with van der Waals surface area (Å²) in [7, 11) is 0. The number of aryl methyl sites for hydroxylation is 2. The standard InChI is InChI=1S/C26H29FN4O/c1-19(21-11-10-20-6-2-3-7-22(20)16-21)29-26(32)23(17-28)18-30-12-14-31(15-13-30)25-9-5-4-8-24(25)27/h4-5,8-11,16,18-19H,2-3,6-7,12-15H2,1H3,(H,29,32)/b23-18-. The third-order valence-corrected chi connectivity index (χ3v) is 6.40. The Labute approximate surface area is 189 Å². The van der Waals surface area contributed by atoms with Crippen molar-refractivity contribution in [2.24, 2.45) is 0 Å². The number of rotatable bonds is 5. The van der Waals surface area contributed by atoms with Crippen LogP contribution in [0.3, 0.4) is 0 Å². The number of benzene rings is 2. The number of nitrogens with one attached hydrogen (secondary N) is 1. The van der Waals surface area contributed by atoms with Crippen molar-refractivity contribution in [1.29, 1.82) is 5.26 Å². The Hall–Kier alpha value is -3.33. The molecule has 0 bridgehead atoms. The molecule has 1 saturated heterocycles. The number of nitrogens with zero attached hydrogens (tertiary/aromatic N) is 3. The molecule has 2 aromatic carbocycles. The van der Waals surface area contributed by atoms with Crippen molar-refractivity contribution in [3.8, 4) is 6.07 Å². The number of anilines is 1. The molecule has 2 aliphatic rings. The normalized spacial score (nSPS) is 17.3. The zero-order valence-corrected chi connectivity index (χ0v) is 18.5. The molecule has 2 aromatic rings. The lowest BCUT2D eigenvalue weighted by Crippen LogP contribution is -2.44. The van der Waals surface area contributed by atoms with E-state index < -0.39 is 0 Å². The van der Waals surface area contributed by atoms with Crippen molar-refractivity contribution in [1.82, 2.24) is 10.2 Å². The van der Waals surface area contributed by atoms with E-state index in [1.807, 2.05) is 28.9 Å². The van der Waals surface area contributed by atoms with Crippen LogP contribution in [0.25, 0.3) is 0 Å². The summed E-state index contributed by atoms with van der Waals surface area (Å²) in [5.74, 6) is -0.598. The van der Waals surface area contributed by atoms with Gasteiger partial charge in [-0.25, -0.2) is 4.39 Å². The van der Waals surface area contributed by atoms with E-state index in [1.165, 1.54) is 30.0 Å². The van der Waals surface area contributed by atoms with Crippen LogP contribution in [0, 0.1) is 17.1 Å². The van der Waals surface area contributed by atoms with Crippen LogP contribution >= 0.6 is 0 Å². The number of amides is 1. The molecule has 1 unspecified atom stereocenters. The van der Waals surface area contributed by atoms with Crippen LogP contribution in [0.4, 0.5) is 10.1 Å². The minimum absolute atomic E-state index is 0.0918. The summed E-state index contributed by atoms with van der Waals surface area (Å²) in [6, 6.07) is 15.0. The first kappa shape index (κ1) is 21.9. The highest BCUT2D eigenvalue weighted by molar-refractivity contribution is 5.97. The molecule has 0 radical (unpaired) electrons. The Morgan fingerprint density at radius 2 is 1.81 bits per heavy atom. The molecule has 32 heavy (non-hydrogen) atoms. The predicted molar refractivity (Wildman–Crippen MR) is 124 cm³/mol. The van der Waals surface area contributed by atoms with E-state index in [0.29, 0.717) is 31.9 Å². The maximum absolute atomic E-state index is 14.0. The Morgan fingerprint density at radius 3 is 2.53 bits per heavy atom. The fourth-order valence-electron chi connectivity index (χ4n) is 4.50. The number of nitriles is 1. The van der Waals surface area contributed by atoms with Crippen LogP contribution in [-0.2, 0) is 17.6 Å². The molecule has 1 amide bonds. The lowest BCUT2D eigenvalue weighted by Gasteiger charge is -2.35. The maximum atomic E-state index is 14.0. The molecule has 1 heterocycles. The third-order valence-electron chi connectivity index (χ3n) is 6.40. The van der Waals surface area contributed by atoms with E-state index in [-0.39, 0.29) is 23.3 Å². The number of piperazine rings is 1. The number of carbonyl (C=O) groups is 1. The lowest BCUT2D eigenvalue weighted by molar-refractivity contribution is -0.117. The summed E-state index contributed by atoms with van der Waals surface area (Å²) in [4.78, 5) is 16.7. The van der Waals surface area contributed by atoms with Gasteiger partial charge in [-0.3, -0.25) is 4.79 Å². The first-order valence-electron chi connectivity index (χ1n) is 11.3. The monoisotopic (exact) mass is 432 g/mol. The second-order valence-electron chi connectivity index (χ2n) is 8.56. The summed E-state index contributed by atoms with van der Waals surface area (Å²) in [5, 5.41) is 12.5. The van der Waals surface area contributed by atoms with Gasteiger partial charge in [0, 0.05) is 32.4 Å². The van der Waals surface area contributed by atoms with E-state index in [0.717, 1.165) is 18.4 Å². The van der Waals surface area contributed by atoms with Crippen LogP contribution < -0.4 is 10.2 Å². The van der Waals surface area contributed by atoms with Crippen molar-refractivity contribution < 1.29 is 9.18 Å². The molecule has 6 heteroatoms. The minimum Gasteiger partial charge on any atom is -0.373 e. The van der Waals surface area contributed by atoms with Crippen molar-refractivity contribution in [2.75, 3.05) is 31.1 Å². The van der Waals surface area contributed by atoms with Gasteiger partial charge in [0.2, 0.25) is 0 Å². The molecule has 0 spiro atoms. The number of para-hydroxylation sites is 1. The molecular formula is C26H29FN4O. The van der Waals surface area contributed by atoms with E-state index >= 15 is 0 Å². The lowest BCUT2D eigenvalue weighted by atomic mass is 9.89. The highest BCUT2D eigenvalue weighted by Crippen LogP contribution is 2.25. The number of hydrogen-bond acceptors (Lipinski definition) is 4. The highest BCUT2D eigenvalue weighted by Gasteiger charge is 2.21. The van der Waals surface area contributed by atoms with Gasteiger partial charge >= 0.3 is 0 Å². The molecular weight excluding hydrogens is 403 g/mol. The van der Waals surface area contributed by atoms with Crippen LogP contribution in [0.5, 0.6) is 0 Å². The fraction of sp³-hybridized carbons (Fsp3) is 0.385. The number of halogens is 1. The third kappa shape index (κ3) is 4.94. The van der Waals surface area contributed by atoms with Gasteiger partial charge in [0.1, 0.15) is 17.5 Å². The fourth-order valence-corrected chi connectivity index (χ4v) is 4.50. The Kier molecular flexibility index (Phi) is 6.75. The summed E-state index contributed by atoms with van der Waals surface area (Å²) in [6.07, 6.45) is 6.30. The molecule has 1 aliphatic carbocycles. The van der Waals surface area contributed by atoms with Gasteiger partial charge in [-0.2, -0.15) is 5.26 Å². The zero-order valence-electron chi connectivity index (χ0n) is 18.5. The Morgan fingerprint density at radius 1 is 1.09 bits per heavy atom. The first-order chi connectivity index (χ1) is 15.5. The van der Waals surface area contributed by atoms with Crippen LogP contribution in [0.15, 0.2) is 54.2 Å². The molecule has 1 fully saturated rings. The van der Waals surface area contributed by atoms with Gasteiger partial charge in [0.25, 0.3) is 5.91 Å². The van der Waals surface area contributed by atoms with Crippen molar-refractivity contribution in [2.45, 2.75) is 38.6 Å². The van der Waals surface area contributed by atoms with Gasteiger partial charge in [-0.05, 0) is 61.4 Å². The van der Waals surface area contributed by atoms with Crippen LogP contribution in [-0.4, -0.2) is 37.0 Å². The van der Waals surface area contributed by atoms with Gasteiger partial charge in [-0.1, -0.05) is 30.3 Å². The van der Waals surface area contributed by atoms with Crippen molar-refractivity contribution in [3.05, 3.63) is 76.7 Å². The largest absolute Gasteiger partial charge is 0.373 e. The van der Waals surface area contributed by atoms with Gasteiger partial charge in [-0.15, -0.1) is 0 Å².